The number of pyridine rings is 1. The van der Waals surface area contributed by atoms with Gasteiger partial charge in [-0.3, -0.25) is 4.98 Å². The average molecular weight is 421 g/mol. The first-order chi connectivity index (χ1) is 15.4. The van der Waals surface area contributed by atoms with Crippen molar-refractivity contribution in [1.29, 1.82) is 0 Å². The molecule has 0 radical (unpaired) electrons. The maximum Gasteiger partial charge on any atom is 0.133 e. The number of benzene rings is 4. The molecule has 32 heavy (non-hydrogen) atoms. The van der Waals surface area contributed by atoms with Gasteiger partial charge in [0.05, 0.1) is 5.69 Å². The Hall–Kier alpha value is -3.59. The molecule has 0 unspecified atom stereocenters. The van der Waals surface area contributed by atoms with E-state index < -0.39 is 5.41 Å². The fourth-order valence-corrected chi connectivity index (χ4v) is 5.32. The Balaban J connectivity index is 1.62. The molecule has 0 saturated carbocycles. The van der Waals surface area contributed by atoms with Crippen molar-refractivity contribution in [3.05, 3.63) is 101 Å². The molecule has 1 aliphatic carbocycles. The Bertz CT molecular complexity index is 1580. The van der Waals surface area contributed by atoms with E-state index in [-0.39, 0.29) is 11.6 Å². The van der Waals surface area contributed by atoms with Crippen molar-refractivity contribution in [2.45, 2.75) is 26.2 Å². The van der Waals surface area contributed by atoms with E-state index >= 15 is 8.78 Å². The van der Waals surface area contributed by atoms with Crippen LogP contribution >= 0.6 is 0 Å². The van der Waals surface area contributed by atoms with Gasteiger partial charge in [-0.05, 0) is 63.5 Å². The molecular formula is C29H21F2N. The van der Waals surface area contributed by atoms with Crippen molar-refractivity contribution in [3.63, 3.8) is 0 Å². The molecule has 3 heteroatoms. The van der Waals surface area contributed by atoms with Crippen LogP contribution in [0.3, 0.4) is 0 Å². The van der Waals surface area contributed by atoms with Gasteiger partial charge in [0.25, 0.3) is 0 Å². The minimum Gasteiger partial charge on any atom is -0.255 e. The molecule has 0 bridgehead atoms. The lowest BCUT2D eigenvalue weighted by molar-refractivity contribution is 0.553. The summed E-state index contributed by atoms with van der Waals surface area (Å²) in [6.07, 6.45) is 1.74. The molecule has 0 atom stereocenters. The SMILES string of the molecule is Cc1ccc2c(c1F)C(C)(C)c1cc(-c3nccc4c3c(F)cc3ccccc34)ccc1-2. The van der Waals surface area contributed by atoms with Gasteiger partial charge in [-0.1, -0.05) is 62.4 Å². The molecule has 0 fully saturated rings. The van der Waals surface area contributed by atoms with Crippen LogP contribution in [0, 0.1) is 18.6 Å². The van der Waals surface area contributed by atoms with Gasteiger partial charge in [-0.2, -0.15) is 0 Å². The first-order valence-corrected chi connectivity index (χ1v) is 10.8. The highest BCUT2D eigenvalue weighted by atomic mass is 19.1. The number of hydrogen-bond donors (Lipinski definition) is 0. The van der Waals surface area contributed by atoms with Gasteiger partial charge in [0.15, 0.2) is 0 Å². The van der Waals surface area contributed by atoms with Gasteiger partial charge in [0.1, 0.15) is 11.6 Å². The largest absolute Gasteiger partial charge is 0.255 e. The van der Waals surface area contributed by atoms with Gasteiger partial charge in [-0.15, -0.1) is 0 Å². The summed E-state index contributed by atoms with van der Waals surface area (Å²) < 4.78 is 30.4. The van der Waals surface area contributed by atoms with E-state index in [2.05, 4.69) is 24.9 Å². The first kappa shape index (κ1) is 19.1. The van der Waals surface area contributed by atoms with Crippen molar-refractivity contribution in [2.24, 2.45) is 0 Å². The van der Waals surface area contributed by atoms with Crippen molar-refractivity contribution >= 4 is 21.5 Å². The minimum atomic E-state index is -0.493. The van der Waals surface area contributed by atoms with Crippen LogP contribution < -0.4 is 0 Å². The summed E-state index contributed by atoms with van der Waals surface area (Å²) in [4.78, 5) is 4.58. The Morgan fingerprint density at radius 3 is 2.44 bits per heavy atom. The van der Waals surface area contributed by atoms with Crippen LogP contribution in [0.5, 0.6) is 0 Å². The van der Waals surface area contributed by atoms with Crippen molar-refractivity contribution in [3.8, 4) is 22.4 Å². The van der Waals surface area contributed by atoms with Gasteiger partial charge >= 0.3 is 0 Å². The molecule has 0 amide bonds. The summed E-state index contributed by atoms with van der Waals surface area (Å²) >= 11 is 0. The molecule has 156 valence electrons. The van der Waals surface area contributed by atoms with E-state index in [1.165, 1.54) is 0 Å². The van der Waals surface area contributed by atoms with Gasteiger partial charge < -0.3 is 0 Å². The van der Waals surface area contributed by atoms with Gasteiger partial charge in [0, 0.05) is 28.1 Å². The smallest absolute Gasteiger partial charge is 0.133 e. The number of nitrogens with zero attached hydrogens (tertiary/aromatic N) is 1. The fraction of sp³-hybridized carbons (Fsp3) is 0.138. The first-order valence-electron chi connectivity index (χ1n) is 10.8. The number of hydrogen-bond acceptors (Lipinski definition) is 1. The van der Waals surface area contributed by atoms with Crippen molar-refractivity contribution in [1.82, 2.24) is 4.98 Å². The number of aryl methyl sites for hydroxylation is 1. The van der Waals surface area contributed by atoms with E-state index in [0.29, 0.717) is 16.6 Å². The van der Waals surface area contributed by atoms with Crippen LogP contribution in [-0.4, -0.2) is 4.98 Å². The molecule has 1 heterocycles. The summed E-state index contributed by atoms with van der Waals surface area (Å²) in [5.74, 6) is -0.433. The molecule has 1 nitrogen and oxygen atoms in total. The Morgan fingerprint density at radius 1 is 0.812 bits per heavy atom. The van der Waals surface area contributed by atoms with Crippen LogP contribution in [0.15, 0.2) is 72.9 Å². The van der Waals surface area contributed by atoms with Crippen molar-refractivity contribution < 1.29 is 8.78 Å². The zero-order valence-corrected chi connectivity index (χ0v) is 18.1. The van der Waals surface area contributed by atoms with Crippen LogP contribution in [0.4, 0.5) is 8.78 Å². The third-order valence-electron chi connectivity index (χ3n) is 6.94. The van der Waals surface area contributed by atoms with E-state index in [1.54, 1.807) is 19.2 Å². The Kier molecular flexibility index (Phi) is 3.86. The topological polar surface area (TPSA) is 12.9 Å². The lowest BCUT2D eigenvalue weighted by atomic mass is 9.81. The minimum absolute atomic E-state index is 0.147. The zero-order valence-electron chi connectivity index (χ0n) is 18.1. The third kappa shape index (κ3) is 2.45. The standard InChI is InChI=1S/C29H21F2N/c1-16-8-10-22-20-11-9-18(14-23(20)29(2,3)26(22)27(16)31)28-25-21(12-13-32-28)19-7-5-4-6-17(19)15-24(25)30/h4-15H,1-3H3. The number of fused-ring (bicyclic) bond motifs is 6. The van der Waals surface area contributed by atoms with E-state index in [9.17, 15) is 0 Å². The molecule has 0 spiro atoms. The van der Waals surface area contributed by atoms with Crippen molar-refractivity contribution in [2.75, 3.05) is 0 Å². The highest BCUT2D eigenvalue weighted by Crippen LogP contribution is 2.51. The summed E-state index contributed by atoms with van der Waals surface area (Å²) in [6, 6.07) is 21.1. The summed E-state index contributed by atoms with van der Waals surface area (Å²) in [6.45, 7) is 5.90. The highest BCUT2D eigenvalue weighted by Gasteiger charge is 2.38. The zero-order chi connectivity index (χ0) is 22.2. The van der Waals surface area contributed by atoms with Gasteiger partial charge in [0.2, 0.25) is 0 Å². The quantitative estimate of drug-likeness (QED) is 0.250. The monoisotopic (exact) mass is 421 g/mol. The fourth-order valence-electron chi connectivity index (χ4n) is 5.32. The lowest BCUT2D eigenvalue weighted by Crippen LogP contribution is -2.17. The predicted octanol–water partition coefficient (Wildman–Crippen LogP) is 7.95. The lowest BCUT2D eigenvalue weighted by Gasteiger charge is -2.23. The highest BCUT2D eigenvalue weighted by molar-refractivity contribution is 6.11. The van der Waals surface area contributed by atoms with Crippen LogP contribution in [-0.2, 0) is 5.41 Å². The van der Waals surface area contributed by atoms with Crippen LogP contribution in [0.25, 0.3) is 43.9 Å². The molecule has 1 aliphatic rings. The molecule has 4 aromatic carbocycles. The summed E-state index contributed by atoms with van der Waals surface area (Å²) in [7, 11) is 0. The molecular weight excluding hydrogens is 400 g/mol. The second-order valence-electron chi connectivity index (χ2n) is 9.17. The summed E-state index contributed by atoms with van der Waals surface area (Å²) in [5.41, 5.74) is 5.32. The second kappa shape index (κ2) is 6.46. The molecule has 1 aromatic heterocycles. The third-order valence-corrected chi connectivity index (χ3v) is 6.94. The molecule has 0 aliphatic heterocycles. The summed E-state index contributed by atoms with van der Waals surface area (Å²) in [5, 5.41) is 3.22. The maximum atomic E-state index is 15.3. The second-order valence-corrected chi connectivity index (χ2v) is 9.17. The normalized spacial score (nSPS) is 14.0. The van der Waals surface area contributed by atoms with Gasteiger partial charge in [-0.25, -0.2) is 8.78 Å². The molecule has 0 saturated heterocycles. The Labute approximate surface area is 185 Å². The molecule has 5 aromatic rings. The molecule has 0 N–H and O–H groups in total. The van der Waals surface area contributed by atoms with Crippen LogP contribution in [0.1, 0.15) is 30.5 Å². The number of halogens is 2. The van der Waals surface area contributed by atoms with E-state index in [0.717, 1.165) is 44.0 Å². The van der Waals surface area contributed by atoms with Crippen LogP contribution in [0.2, 0.25) is 0 Å². The number of aromatic nitrogens is 1. The number of rotatable bonds is 1. The maximum absolute atomic E-state index is 15.3. The Morgan fingerprint density at radius 2 is 1.59 bits per heavy atom. The average Bonchev–Trinajstić information content (AvgIpc) is 3.02. The van der Waals surface area contributed by atoms with E-state index in [1.807, 2.05) is 54.6 Å². The molecule has 6 rings (SSSR count). The predicted molar refractivity (Wildman–Crippen MR) is 127 cm³/mol. The van der Waals surface area contributed by atoms with E-state index in [4.69, 9.17) is 0 Å².